The second-order valence-electron chi connectivity index (χ2n) is 7.11. The number of hydrogen-bond donors (Lipinski definition) is 0. The van der Waals surface area contributed by atoms with Crippen LogP contribution in [-0.2, 0) is 6.42 Å². The van der Waals surface area contributed by atoms with Gasteiger partial charge in [-0.2, -0.15) is 5.10 Å². The normalized spacial score (nSPS) is 11.1. The fourth-order valence-electron chi connectivity index (χ4n) is 3.69. The van der Waals surface area contributed by atoms with E-state index in [4.69, 9.17) is 0 Å². The van der Waals surface area contributed by atoms with E-state index in [1.807, 2.05) is 74.5 Å². The minimum absolute atomic E-state index is 0.00902. The summed E-state index contributed by atoms with van der Waals surface area (Å²) in [6.45, 7) is 6.24. The Labute approximate surface area is 162 Å². The van der Waals surface area contributed by atoms with Gasteiger partial charge < -0.3 is 0 Å². The quantitative estimate of drug-likeness (QED) is 0.506. The Hall–Kier alpha value is -2.68. The Morgan fingerprint density at radius 2 is 1.48 bits per heavy atom. The fourth-order valence-corrected chi connectivity index (χ4v) is 3.69. The van der Waals surface area contributed by atoms with Gasteiger partial charge in [-0.05, 0) is 43.4 Å². The van der Waals surface area contributed by atoms with E-state index >= 15 is 0 Å². The number of hydrogen-bond acceptors (Lipinski definition) is 2. The van der Waals surface area contributed by atoms with E-state index in [-0.39, 0.29) is 11.8 Å². The lowest BCUT2D eigenvalue weighted by Crippen LogP contribution is -2.23. The van der Waals surface area contributed by atoms with Crippen molar-refractivity contribution in [2.75, 3.05) is 0 Å². The van der Waals surface area contributed by atoms with E-state index in [0.717, 1.165) is 35.4 Å². The smallest absolute Gasteiger partial charge is 0.259 e. The monoisotopic (exact) mass is 360 g/mol. The van der Waals surface area contributed by atoms with Gasteiger partial charge in [-0.15, -0.1) is 0 Å². The van der Waals surface area contributed by atoms with Crippen LogP contribution in [0.25, 0.3) is 0 Å². The number of nitrogens with zero attached hydrogens (tertiary/aromatic N) is 2. The van der Waals surface area contributed by atoms with Crippen molar-refractivity contribution in [3.05, 3.63) is 88.7 Å². The molecule has 0 spiro atoms. The number of aryl methyl sites for hydroxylation is 1. The third-order valence-corrected chi connectivity index (χ3v) is 5.19. The number of rotatable bonds is 7. The van der Waals surface area contributed by atoms with Gasteiger partial charge in [0, 0.05) is 5.69 Å². The molecule has 140 valence electrons. The van der Waals surface area contributed by atoms with Crippen LogP contribution in [0.2, 0.25) is 0 Å². The van der Waals surface area contributed by atoms with E-state index in [1.165, 1.54) is 18.4 Å². The van der Waals surface area contributed by atoms with Gasteiger partial charge in [-0.1, -0.05) is 80.4 Å². The van der Waals surface area contributed by atoms with Crippen molar-refractivity contribution in [2.24, 2.45) is 0 Å². The van der Waals surface area contributed by atoms with Crippen molar-refractivity contribution >= 4 is 5.91 Å². The highest BCUT2D eigenvalue weighted by atomic mass is 16.2. The second-order valence-corrected chi connectivity index (χ2v) is 7.11. The molecule has 3 nitrogen and oxygen atoms in total. The molecule has 0 saturated carbocycles. The van der Waals surface area contributed by atoms with Gasteiger partial charge in [0.05, 0.1) is 11.6 Å². The van der Waals surface area contributed by atoms with Gasteiger partial charge in [-0.25, -0.2) is 4.68 Å². The first-order valence-corrected chi connectivity index (χ1v) is 9.82. The molecular weight excluding hydrogens is 332 g/mol. The van der Waals surface area contributed by atoms with Gasteiger partial charge in [-0.3, -0.25) is 4.79 Å². The van der Waals surface area contributed by atoms with Gasteiger partial charge in [0.15, 0.2) is 0 Å². The maximum Gasteiger partial charge on any atom is 0.259 e. The summed E-state index contributed by atoms with van der Waals surface area (Å²) < 4.78 is 1.63. The SMILES string of the molecule is CCCCCc1c(C)nn(C(=O)C(c2ccccc2)c2ccccc2)c1C. The van der Waals surface area contributed by atoms with Gasteiger partial charge in [0.25, 0.3) is 5.91 Å². The molecule has 1 heterocycles. The number of aromatic nitrogens is 2. The van der Waals surface area contributed by atoms with E-state index in [9.17, 15) is 4.79 Å². The molecule has 0 aliphatic heterocycles. The van der Waals surface area contributed by atoms with Crippen LogP contribution in [0.15, 0.2) is 60.7 Å². The predicted molar refractivity (Wildman–Crippen MR) is 110 cm³/mol. The summed E-state index contributed by atoms with van der Waals surface area (Å²) >= 11 is 0. The molecule has 3 aromatic rings. The highest BCUT2D eigenvalue weighted by Crippen LogP contribution is 2.28. The second kappa shape index (κ2) is 8.81. The van der Waals surface area contributed by atoms with Crippen molar-refractivity contribution in [1.82, 2.24) is 9.78 Å². The molecule has 2 aromatic carbocycles. The molecule has 0 saturated heterocycles. The minimum atomic E-state index is -0.353. The molecule has 0 aliphatic carbocycles. The minimum Gasteiger partial charge on any atom is -0.271 e. The first-order chi connectivity index (χ1) is 13.1. The summed E-state index contributed by atoms with van der Waals surface area (Å²) in [5.41, 5.74) is 5.15. The largest absolute Gasteiger partial charge is 0.271 e. The summed E-state index contributed by atoms with van der Waals surface area (Å²) in [6.07, 6.45) is 4.52. The Morgan fingerprint density at radius 3 is 2.00 bits per heavy atom. The zero-order valence-corrected chi connectivity index (χ0v) is 16.5. The van der Waals surface area contributed by atoms with Crippen LogP contribution in [0.1, 0.15) is 65.0 Å². The predicted octanol–water partition coefficient (Wildman–Crippen LogP) is 5.70. The molecule has 0 amide bonds. The molecule has 0 bridgehead atoms. The summed E-state index contributed by atoms with van der Waals surface area (Å²) in [6, 6.07) is 20.0. The summed E-state index contributed by atoms with van der Waals surface area (Å²) in [4.78, 5) is 13.6. The Morgan fingerprint density at radius 1 is 0.926 bits per heavy atom. The summed E-state index contributed by atoms with van der Waals surface area (Å²) in [5, 5.41) is 4.63. The van der Waals surface area contributed by atoms with Crippen molar-refractivity contribution in [3.63, 3.8) is 0 Å². The van der Waals surface area contributed by atoms with Gasteiger partial charge >= 0.3 is 0 Å². The molecule has 0 unspecified atom stereocenters. The van der Waals surface area contributed by atoms with Crippen LogP contribution in [0.5, 0.6) is 0 Å². The lowest BCUT2D eigenvalue weighted by atomic mass is 9.90. The zero-order valence-electron chi connectivity index (χ0n) is 16.5. The van der Waals surface area contributed by atoms with Crippen LogP contribution in [0.4, 0.5) is 0 Å². The van der Waals surface area contributed by atoms with E-state index < -0.39 is 0 Å². The van der Waals surface area contributed by atoms with E-state index in [0.29, 0.717) is 0 Å². The molecule has 1 aromatic heterocycles. The van der Waals surface area contributed by atoms with E-state index in [1.54, 1.807) is 4.68 Å². The maximum absolute atomic E-state index is 13.6. The number of carbonyl (C=O) groups excluding carboxylic acids is 1. The zero-order chi connectivity index (χ0) is 19.2. The van der Waals surface area contributed by atoms with Crippen LogP contribution in [-0.4, -0.2) is 15.7 Å². The topological polar surface area (TPSA) is 34.9 Å². The van der Waals surface area contributed by atoms with E-state index in [2.05, 4.69) is 12.0 Å². The summed E-state index contributed by atoms with van der Waals surface area (Å²) in [7, 11) is 0. The third-order valence-electron chi connectivity index (χ3n) is 5.19. The molecule has 0 atom stereocenters. The Balaban J connectivity index is 1.99. The fraction of sp³-hybridized carbons (Fsp3) is 0.333. The van der Waals surface area contributed by atoms with Gasteiger partial charge in [0.2, 0.25) is 0 Å². The van der Waals surface area contributed by atoms with Crippen LogP contribution in [0, 0.1) is 13.8 Å². The van der Waals surface area contributed by atoms with Crippen molar-refractivity contribution < 1.29 is 4.79 Å². The van der Waals surface area contributed by atoms with Crippen molar-refractivity contribution in [3.8, 4) is 0 Å². The maximum atomic E-state index is 13.6. The molecular formula is C24H28N2O. The molecule has 0 radical (unpaired) electrons. The first kappa shape index (κ1) is 19.1. The highest BCUT2D eigenvalue weighted by molar-refractivity contribution is 5.89. The molecule has 3 rings (SSSR count). The molecule has 3 heteroatoms. The standard InChI is InChI=1S/C24H28N2O/c1-4-5-8-17-22-18(2)25-26(19(22)3)24(27)23(20-13-9-6-10-14-20)21-15-11-7-12-16-21/h6-7,9-16,23H,4-5,8,17H2,1-3H3. The van der Waals surface area contributed by atoms with Crippen LogP contribution >= 0.6 is 0 Å². The van der Waals surface area contributed by atoms with Crippen molar-refractivity contribution in [1.29, 1.82) is 0 Å². The first-order valence-electron chi connectivity index (χ1n) is 9.82. The average Bonchev–Trinajstić information content (AvgIpc) is 2.98. The average molecular weight is 361 g/mol. The third kappa shape index (κ3) is 4.19. The molecule has 0 fully saturated rings. The van der Waals surface area contributed by atoms with Crippen LogP contribution < -0.4 is 0 Å². The molecule has 0 N–H and O–H groups in total. The highest BCUT2D eigenvalue weighted by Gasteiger charge is 2.27. The van der Waals surface area contributed by atoms with Crippen molar-refractivity contribution in [2.45, 2.75) is 52.4 Å². The van der Waals surface area contributed by atoms with Gasteiger partial charge in [0.1, 0.15) is 0 Å². The number of benzene rings is 2. The number of unbranched alkanes of at least 4 members (excludes halogenated alkanes) is 2. The molecule has 0 aliphatic rings. The number of carbonyl (C=O) groups is 1. The lowest BCUT2D eigenvalue weighted by molar-refractivity contribution is 0.0874. The Bertz CT molecular complexity index is 842. The summed E-state index contributed by atoms with van der Waals surface area (Å²) in [5.74, 6) is -0.344. The Kier molecular flexibility index (Phi) is 6.23. The molecule has 27 heavy (non-hydrogen) atoms. The van der Waals surface area contributed by atoms with Crippen LogP contribution in [0.3, 0.4) is 0 Å². The lowest BCUT2D eigenvalue weighted by Gasteiger charge is -2.17.